The molecule has 3 aromatic rings. The molecule has 0 unspecified atom stereocenters. The summed E-state index contributed by atoms with van der Waals surface area (Å²) in [6.45, 7) is 3.76. The number of carboxylic acids is 1. The summed E-state index contributed by atoms with van der Waals surface area (Å²) < 4.78 is 38.7. The van der Waals surface area contributed by atoms with E-state index in [1.165, 1.54) is 0 Å². The van der Waals surface area contributed by atoms with Gasteiger partial charge in [-0.1, -0.05) is 76.6 Å². The van der Waals surface area contributed by atoms with E-state index in [1.54, 1.807) is 0 Å². The number of aliphatic hydroxyl groups is 1. The molecule has 1 heterocycles. The first-order valence-corrected chi connectivity index (χ1v) is 13.1. The van der Waals surface area contributed by atoms with Crippen LogP contribution in [0.15, 0.2) is 89.4 Å². The maximum Gasteiger partial charge on any atom is 0.490 e. The maximum absolute atomic E-state index is 12.0. The third-order valence-corrected chi connectivity index (χ3v) is 7.08. The van der Waals surface area contributed by atoms with Crippen molar-refractivity contribution in [3.8, 4) is 5.75 Å². The molecule has 1 saturated heterocycles. The molecular weight excluding hydrogens is 563 g/mol. The van der Waals surface area contributed by atoms with Crippen molar-refractivity contribution in [2.24, 2.45) is 5.92 Å². The topological polar surface area (TPSA) is 70.0 Å². The molecule has 0 saturated carbocycles. The molecule has 1 aliphatic rings. The van der Waals surface area contributed by atoms with Crippen molar-refractivity contribution in [2.45, 2.75) is 31.0 Å². The molecule has 0 spiro atoms. The highest BCUT2D eigenvalue weighted by Crippen LogP contribution is 2.41. The fourth-order valence-electron chi connectivity index (χ4n) is 4.61. The van der Waals surface area contributed by atoms with Crippen LogP contribution in [0.4, 0.5) is 13.2 Å². The smallest absolute Gasteiger partial charge is 0.490 e. The predicted octanol–water partition coefficient (Wildman–Crippen LogP) is 6.50. The Balaban J connectivity index is 0.000000505. The number of rotatable bonds is 8. The Morgan fingerprint density at radius 2 is 1.37 bits per heavy atom. The number of carboxylic acid groups (broad SMARTS) is 1. The summed E-state index contributed by atoms with van der Waals surface area (Å²) in [5, 5.41) is 19.1. The Kier molecular flexibility index (Phi) is 10.8. The van der Waals surface area contributed by atoms with Crippen molar-refractivity contribution in [3.05, 3.63) is 101 Å². The van der Waals surface area contributed by atoms with E-state index < -0.39 is 17.7 Å². The number of hydrogen-bond acceptors (Lipinski definition) is 4. The van der Waals surface area contributed by atoms with Gasteiger partial charge in [0, 0.05) is 11.0 Å². The van der Waals surface area contributed by atoms with Crippen LogP contribution < -0.4 is 4.74 Å². The van der Waals surface area contributed by atoms with E-state index in [1.807, 2.05) is 60.7 Å². The third kappa shape index (κ3) is 8.31. The molecule has 0 aliphatic carbocycles. The van der Waals surface area contributed by atoms with Crippen molar-refractivity contribution >= 4 is 21.9 Å². The Labute approximate surface area is 229 Å². The number of aliphatic carboxylic acids is 1. The molecule has 0 amide bonds. The molecule has 0 radical (unpaired) electrons. The summed E-state index contributed by atoms with van der Waals surface area (Å²) in [5.41, 5.74) is 1.03. The van der Waals surface area contributed by atoms with Gasteiger partial charge in [0.25, 0.3) is 0 Å². The van der Waals surface area contributed by atoms with Crippen LogP contribution in [0.1, 0.15) is 30.4 Å². The summed E-state index contributed by atoms with van der Waals surface area (Å²) in [5.74, 6) is -1.64. The van der Waals surface area contributed by atoms with Crippen LogP contribution in [0.2, 0.25) is 0 Å². The molecule has 2 N–H and O–H groups in total. The SMILES string of the molecule is O=C(O)C(F)(F)F.OC(c1ccccc1)(c1ccccc1)C1CCN(CCCOc2ccc(Br)cc2)CC1. The van der Waals surface area contributed by atoms with Crippen LogP contribution in [0, 0.1) is 5.92 Å². The van der Waals surface area contributed by atoms with Gasteiger partial charge in [-0.25, -0.2) is 4.79 Å². The first-order chi connectivity index (χ1) is 18.1. The molecular formula is C29H31BrF3NO4. The number of benzene rings is 3. The number of hydrogen-bond donors (Lipinski definition) is 2. The first-order valence-electron chi connectivity index (χ1n) is 12.3. The van der Waals surface area contributed by atoms with Crippen molar-refractivity contribution in [1.82, 2.24) is 4.90 Å². The van der Waals surface area contributed by atoms with E-state index in [0.29, 0.717) is 0 Å². The Morgan fingerprint density at radius 1 is 0.895 bits per heavy atom. The molecule has 38 heavy (non-hydrogen) atoms. The van der Waals surface area contributed by atoms with Gasteiger partial charge in [0.05, 0.1) is 6.61 Å². The van der Waals surface area contributed by atoms with E-state index in [2.05, 4.69) is 45.1 Å². The van der Waals surface area contributed by atoms with Crippen LogP contribution >= 0.6 is 15.9 Å². The second-order valence-electron chi connectivity index (χ2n) is 9.07. The van der Waals surface area contributed by atoms with Gasteiger partial charge in [0.2, 0.25) is 0 Å². The largest absolute Gasteiger partial charge is 0.494 e. The van der Waals surface area contributed by atoms with Gasteiger partial charge in [0.15, 0.2) is 0 Å². The van der Waals surface area contributed by atoms with Crippen LogP contribution in [0.3, 0.4) is 0 Å². The molecule has 0 atom stereocenters. The number of nitrogens with zero attached hydrogens (tertiary/aromatic N) is 1. The fourth-order valence-corrected chi connectivity index (χ4v) is 4.87. The summed E-state index contributed by atoms with van der Waals surface area (Å²) in [6.07, 6.45) is -2.12. The lowest BCUT2D eigenvalue weighted by molar-refractivity contribution is -0.192. The Bertz CT molecular complexity index is 1080. The summed E-state index contributed by atoms with van der Waals surface area (Å²) in [4.78, 5) is 11.4. The van der Waals surface area contributed by atoms with Crippen molar-refractivity contribution in [3.63, 3.8) is 0 Å². The Hall–Kier alpha value is -2.88. The van der Waals surface area contributed by atoms with Crippen LogP contribution in [-0.4, -0.2) is 53.5 Å². The van der Waals surface area contributed by atoms with E-state index >= 15 is 0 Å². The van der Waals surface area contributed by atoms with Gasteiger partial charge >= 0.3 is 12.1 Å². The highest BCUT2D eigenvalue weighted by Gasteiger charge is 2.41. The lowest BCUT2D eigenvalue weighted by atomic mass is 9.72. The second-order valence-corrected chi connectivity index (χ2v) is 9.99. The van der Waals surface area contributed by atoms with Crippen molar-refractivity contribution in [2.75, 3.05) is 26.2 Å². The minimum absolute atomic E-state index is 0.201. The summed E-state index contributed by atoms with van der Waals surface area (Å²) >= 11 is 3.45. The standard InChI is InChI=1S/C27H30BrNO2.C2HF3O2/c28-25-12-14-26(15-13-25)31-21-7-18-29-19-16-24(17-20-29)27(30,22-8-3-1-4-9-22)23-10-5-2-6-11-23;3-2(4,5)1(6)7/h1-6,8-15,24,30H,7,16-21H2;(H,6,7). The van der Waals surface area contributed by atoms with Gasteiger partial charge in [0.1, 0.15) is 11.4 Å². The minimum atomic E-state index is -5.08. The van der Waals surface area contributed by atoms with Gasteiger partial charge in [-0.3, -0.25) is 0 Å². The zero-order valence-corrected chi connectivity index (χ0v) is 22.4. The average Bonchev–Trinajstić information content (AvgIpc) is 2.93. The lowest BCUT2D eigenvalue weighted by Crippen LogP contribution is -2.44. The van der Waals surface area contributed by atoms with Gasteiger partial charge < -0.3 is 19.8 Å². The van der Waals surface area contributed by atoms with Crippen LogP contribution in [-0.2, 0) is 10.4 Å². The van der Waals surface area contributed by atoms with E-state index in [4.69, 9.17) is 14.6 Å². The van der Waals surface area contributed by atoms with Crippen LogP contribution in [0.5, 0.6) is 5.75 Å². The molecule has 3 aromatic carbocycles. The molecule has 1 aliphatic heterocycles. The molecule has 4 rings (SSSR count). The summed E-state index contributed by atoms with van der Waals surface area (Å²) in [6, 6.07) is 28.3. The van der Waals surface area contributed by atoms with E-state index in [-0.39, 0.29) is 5.92 Å². The zero-order chi connectivity index (χ0) is 27.6. The third-order valence-electron chi connectivity index (χ3n) is 6.55. The lowest BCUT2D eigenvalue weighted by Gasteiger charge is -2.42. The molecule has 204 valence electrons. The number of likely N-dealkylation sites (tertiary alicyclic amines) is 1. The van der Waals surface area contributed by atoms with Gasteiger partial charge in [-0.2, -0.15) is 13.2 Å². The average molecular weight is 594 g/mol. The maximum atomic E-state index is 12.0. The molecule has 1 fully saturated rings. The number of piperidine rings is 1. The van der Waals surface area contributed by atoms with Crippen molar-refractivity contribution in [1.29, 1.82) is 0 Å². The first kappa shape index (κ1) is 29.7. The van der Waals surface area contributed by atoms with Gasteiger partial charge in [-0.05, 0) is 73.7 Å². The van der Waals surface area contributed by atoms with Crippen molar-refractivity contribution < 1.29 is 32.9 Å². The number of carbonyl (C=O) groups is 1. The van der Waals surface area contributed by atoms with Crippen LogP contribution in [0.25, 0.3) is 0 Å². The van der Waals surface area contributed by atoms with E-state index in [9.17, 15) is 18.3 Å². The highest BCUT2D eigenvalue weighted by atomic mass is 79.9. The molecule has 0 bridgehead atoms. The van der Waals surface area contributed by atoms with E-state index in [0.717, 1.165) is 66.9 Å². The molecule has 9 heteroatoms. The molecule has 0 aromatic heterocycles. The normalized spacial score (nSPS) is 14.9. The Morgan fingerprint density at radius 3 is 1.82 bits per heavy atom. The second kappa shape index (κ2) is 13.8. The minimum Gasteiger partial charge on any atom is -0.494 e. The molecule has 5 nitrogen and oxygen atoms in total. The fraction of sp³-hybridized carbons (Fsp3) is 0.345. The number of halogens is 4. The quantitative estimate of drug-likeness (QED) is 0.292. The number of ether oxygens (including phenoxy) is 1. The number of alkyl halides is 3. The summed E-state index contributed by atoms with van der Waals surface area (Å²) in [7, 11) is 0. The zero-order valence-electron chi connectivity index (χ0n) is 20.8. The monoisotopic (exact) mass is 593 g/mol. The highest BCUT2D eigenvalue weighted by molar-refractivity contribution is 9.10. The van der Waals surface area contributed by atoms with Gasteiger partial charge in [-0.15, -0.1) is 0 Å². The predicted molar refractivity (Wildman–Crippen MR) is 143 cm³/mol.